The zero-order chi connectivity index (χ0) is 17.8. The minimum atomic E-state index is 0.00193. The fraction of sp³-hybridized carbons (Fsp3) is 0.526. The first-order chi connectivity index (χ1) is 12.0. The number of hydrogen-bond donors (Lipinski definition) is 2. The number of nitrogens with one attached hydrogen (secondary N) is 2. The van der Waals surface area contributed by atoms with Gasteiger partial charge in [0.05, 0.1) is 23.6 Å². The van der Waals surface area contributed by atoms with Crippen LogP contribution >= 0.6 is 0 Å². The van der Waals surface area contributed by atoms with Crippen LogP contribution in [0.5, 0.6) is 0 Å². The maximum Gasteiger partial charge on any atom is 0.224 e. The smallest absolute Gasteiger partial charge is 0.224 e. The van der Waals surface area contributed by atoms with E-state index in [4.69, 9.17) is 4.98 Å². The third kappa shape index (κ3) is 4.45. The molecule has 0 bridgehead atoms. The molecular weight excluding hydrogens is 314 g/mol. The van der Waals surface area contributed by atoms with Gasteiger partial charge in [-0.1, -0.05) is 0 Å². The van der Waals surface area contributed by atoms with E-state index in [1.165, 1.54) is 12.0 Å². The second kappa shape index (κ2) is 7.78. The van der Waals surface area contributed by atoms with Crippen molar-refractivity contribution in [3.63, 3.8) is 0 Å². The highest BCUT2D eigenvalue weighted by molar-refractivity contribution is 5.90. The first-order valence-electron chi connectivity index (χ1n) is 9.05. The third-order valence-electron chi connectivity index (χ3n) is 4.75. The number of amides is 1. The molecule has 0 radical (unpaired) electrons. The molecule has 1 aliphatic rings. The summed E-state index contributed by atoms with van der Waals surface area (Å²) in [7, 11) is 0. The number of likely N-dealkylation sites (tertiary alicyclic amines) is 1. The van der Waals surface area contributed by atoms with Crippen molar-refractivity contribution in [2.45, 2.75) is 58.5 Å². The Morgan fingerprint density at radius 2 is 2.28 bits per heavy atom. The summed E-state index contributed by atoms with van der Waals surface area (Å²) < 4.78 is 0. The molecule has 6 heteroatoms. The maximum atomic E-state index is 12.1. The van der Waals surface area contributed by atoms with Crippen LogP contribution in [-0.2, 0) is 11.2 Å². The molecule has 0 unspecified atom stereocenters. The molecule has 1 saturated heterocycles. The Balaban J connectivity index is 1.66. The van der Waals surface area contributed by atoms with Gasteiger partial charge in [-0.15, -0.1) is 0 Å². The van der Waals surface area contributed by atoms with E-state index in [-0.39, 0.29) is 5.91 Å². The predicted octanol–water partition coefficient (Wildman–Crippen LogP) is 3.23. The molecule has 2 aromatic rings. The molecule has 6 nitrogen and oxygen atoms in total. The van der Waals surface area contributed by atoms with Crippen LogP contribution in [-0.4, -0.2) is 38.6 Å². The number of anilines is 1. The topological polar surface area (TPSA) is 73.9 Å². The lowest BCUT2D eigenvalue weighted by Gasteiger charge is -2.28. The Morgan fingerprint density at radius 1 is 1.44 bits per heavy atom. The molecule has 2 N–H and O–H groups in total. The lowest BCUT2D eigenvalue weighted by molar-refractivity contribution is -0.116. The van der Waals surface area contributed by atoms with Gasteiger partial charge in [-0.25, -0.2) is 0 Å². The van der Waals surface area contributed by atoms with E-state index < -0.39 is 0 Å². The zero-order valence-corrected chi connectivity index (χ0v) is 15.2. The van der Waals surface area contributed by atoms with Crippen molar-refractivity contribution in [2.24, 2.45) is 0 Å². The van der Waals surface area contributed by atoms with E-state index in [0.29, 0.717) is 30.6 Å². The Bertz CT molecular complexity index is 711. The van der Waals surface area contributed by atoms with Crippen molar-refractivity contribution in [3.8, 4) is 0 Å². The van der Waals surface area contributed by atoms with E-state index in [1.54, 1.807) is 12.4 Å². The zero-order valence-electron chi connectivity index (χ0n) is 15.2. The molecular formula is C19H27N5O. The molecule has 0 spiro atoms. The second-order valence-electron chi connectivity index (χ2n) is 7.07. The van der Waals surface area contributed by atoms with Gasteiger partial charge in [-0.3, -0.25) is 19.8 Å². The number of nitrogens with zero attached hydrogens (tertiary/aromatic N) is 3. The van der Waals surface area contributed by atoms with Crippen LogP contribution < -0.4 is 5.32 Å². The highest BCUT2D eigenvalue weighted by Gasteiger charge is 2.29. The number of aromatic amines is 1. The number of aryl methyl sites for hydroxylation is 2. The SMILES string of the molecule is Cc1cc(CCC(=O)Nc2cn[nH]c2)cc([C@H]2CCCN2C(C)C)n1. The summed E-state index contributed by atoms with van der Waals surface area (Å²) in [5.74, 6) is 0.00193. The number of hydrogen-bond acceptors (Lipinski definition) is 4. The van der Waals surface area contributed by atoms with Gasteiger partial charge in [-0.2, -0.15) is 5.10 Å². The summed E-state index contributed by atoms with van der Waals surface area (Å²) in [6, 6.07) is 5.20. The largest absolute Gasteiger partial charge is 0.323 e. The summed E-state index contributed by atoms with van der Waals surface area (Å²) in [6.45, 7) is 7.66. The summed E-state index contributed by atoms with van der Waals surface area (Å²) in [5, 5.41) is 9.36. The molecule has 1 fully saturated rings. The number of rotatable bonds is 6. The minimum Gasteiger partial charge on any atom is -0.323 e. The highest BCUT2D eigenvalue weighted by Crippen LogP contribution is 2.33. The Morgan fingerprint density at radius 3 is 3.00 bits per heavy atom. The second-order valence-corrected chi connectivity index (χ2v) is 7.07. The van der Waals surface area contributed by atoms with E-state index in [0.717, 1.165) is 24.4 Å². The van der Waals surface area contributed by atoms with E-state index in [2.05, 4.69) is 46.4 Å². The molecule has 0 aliphatic carbocycles. The number of carbonyl (C=O) groups is 1. The summed E-state index contributed by atoms with van der Waals surface area (Å²) >= 11 is 0. The van der Waals surface area contributed by atoms with Gasteiger partial charge in [-0.05, 0) is 64.3 Å². The van der Waals surface area contributed by atoms with E-state index >= 15 is 0 Å². The van der Waals surface area contributed by atoms with Crippen LogP contribution in [0.4, 0.5) is 5.69 Å². The molecule has 0 aromatic carbocycles. The van der Waals surface area contributed by atoms with Crippen LogP contribution in [0.2, 0.25) is 0 Å². The van der Waals surface area contributed by atoms with Crippen LogP contribution in [0.25, 0.3) is 0 Å². The summed E-state index contributed by atoms with van der Waals surface area (Å²) in [6.07, 6.45) is 6.83. The van der Waals surface area contributed by atoms with Gasteiger partial charge in [0, 0.05) is 24.4 Å². The fourth-order valence-electron chi connectivity index (χ4n) is 3.61. The maximum absolute atomic E-state index is 12.1. The van der Waals surface area contributed by atoms with Crippen LogP contribution in [0.1, 0.15) is 56.1 Å². The predicted molar refractivity (Wildman–Crippen MR) is 98.3 cm³/mol. The quantitative estimate of drug-likeness (QED) is 0.846. The van der Waals surface area contributed by atoms with Crippen LogP contribution in [0.15, 0.2) is 24.5 Å². The van der Waals surface area contributed by atoms with Crippen molar-refractivity contribution in [3.05, 3.63) is 41.5 Å². The molecule has 0 saturated carbocycles. The number of H-pyrrole nitrogens is 1. The van der Waals surface area contributed by atoms with Crippen molar-refractivity contribution in [1.29, 1.82) is 0 Å². The normalized spacial score (nSPS) is 18.0. The van der Waals surface area contributed by atoms with Crippen molar-refractivity contribution in [2.75, 3.05) is 11.9 Å². The van der Waals surface area contributed by atoms with Gasteiger partial charge in [0.15, 0.2) is 0 Å². The molecule has 3 heterocycles. The monoisotopic (exact) mass is 341 g/mol. The fourth-order valence-corrected chi connectivity index (χ4v) is 3.61. The average Bonchev–Trinajstić information content (AvgIpc) is 3.23. The van der Waals surface area contributed by atoms with Gasteiger partial charge < -0.3 is 5.32 Å². The van der Waals surface area contributed by atoms with E-state index in [9.17, 15) is 4.79 Å². The third-order valence-corrected chi connectivity index (χ3v) is 4.75. The lowest BCUT2D eigenvalue weighted by atomic mass is 10.0. The highest BCUT2D eigenvalue weighted by atomic mass is 16.1. The minimum absolute atomic E-state index is 0.00193. The number of pyridine rings is 1. The van der Waals surface area contributed by atoms with Gasteiger partial charge in [0.25, 0.3) is 0 Å². The Kier molecular flexibility index (Phi) is 5.48. The Hall–Kier alpha value is -2.21. The first kappa shape index (κ1) is 17.6. The standard InChI is InChI=1S/C19H27N5O/c1-13(2)24-8-4-5-18(24)17-10-15(9-14(3)22-17)6-7-19(25)23-16-11-20-21-12-16/h9-13,18H,4-8H2,1-3H3,(H,20,21)(H,23,25)/t18-/m1/s1. The van der Waals surface area contributed by atoms with Crippen LogP contribution in [0, 0.1) is 6.92 Å². The molecule has 1 aliphatic heterocycles. The van der Waals surface area contributed by atoms with Crippen LogP contribution in [0.3, 0.4) is 0 Å². The lowest BCUT2D eigenvalue weighted by Crippen LogP contribution is -2.30. The molecule has 1 atom stereocenters. The Labute approximate surface area is 149 Å². The van der Waals surface area contributed by atoms with Gasteiger partial charge in [0.2, 0.25) is 5.91 Å². The van der Waals surface area contributed by atoms with Crippen molar-refractivity contribution < 1.29 is 4.79 Å². The van der Waals surface area contributed by atoms with Gasteiger partial charge >= 0.3 is 0 Å². The molecule has 3 rings (SSSR count). The molecule has 2 aromatic heterocycles. The average molecular weight is 341 g/mol. The summed E-state index contributed by atoms with van der Waals surface area (Å²) in [5.41, 5.74) is 4.06. The first-order valence-corrected chi connectivity index (χ1v) is 9.05. The van der Waals surface area contributed by atoms with Crippen molar-refractivity contribution in [1.82, 2.24) is 20.1 Å². The number of aromatic nitrogens is 3. The summed E-state index contributed by atoms with van der Waals surface area (Å²) in [4.78, 5) is 19.4. The molecule has 1 amide bonds. The number of carbonyl (C=O) groups excluding carboxylic acids is 1. The van der Waals surface area contributed by atoms with E-state index in [1.807, 2.05) is 6.92 Å². The van der Waals surface area contributed by atoms with Crippen molar-refractivity contribution >= 4 is 11.6 Å². The van der Waals surface area contributed by atoms with Gasteiger partial charge in [0.1, 0.15) is 0 Å². The molecule has 25 heavy (non-hydrogen) atoms. The molecule has 134 valence electrons.